The van der Waals surface area contributed by atoms with Crippen LogP contribution < -0.4 is 0 Å². The molecule has 0 aromatic heterocycles. The van der Waals surface area contributed by atoms with Gasteiger partial charge in [-0.1, -0.05) is 243 Å². The number of carbonyl (C=O) groups is 3. The number of rotatable bonds is 64. The van der Waals surface area contributed by atoms with Gasteiger partial charge in [-0.3, -0.25) is 32.5 Å². The minimum Gasteiger partial charge on any atom is -0.463 e. The lowest BCUT2D eigenvalue weighted by molar-refractivity contribution is -0.161. The van der Waals surface area contributed by atoms with Gasteiger partial charge in [0.25, 0.3) is 0 Å². The molecule has 0 fully saturated rings. The van der Waals surface area contributed by atoms with Crippen LogP contribution in [0.4, 0.5) is 0 Å². The van der Waals surface area contributed by atoms with Crippen molar-refractivity contribution in [3.8, 4) is 0 Å². The van der Waals surface area contributed by atoms with Gasteiger partial charge in [-0.15, -0.1) is 0 Å². The first kappa shape index (κ1) is 88.2. The van der Waals surface area contributed by atoms with Crippen LogP contribution in [0.15, 0.2) is 158 Å². The standard InChI is InChI=1S/C75H122O16P2/c1-4-7-10-13-16-19-22-25-28-31-34-37-40-43-46-49-52-55-58-61-73(78)85-64-70(76)65-87-92(81,82)88-66-71(77)67-89-93(83,84)90-69-72(91-75(80)63-60-57-54-51-48-45-42-39-36-33-30-27-24-21-18-15-12-9-6-3)68-86-74(79)62-59-56-53-50-47-44-41-38-35-32-29-26-23-20-17-14-11-8-5-2/h7-8,10-11,16-21,25-30,34-39,43,46,52,55,70-72,76-77H,4-6,9,12-15,22-24,31-33,40-42,44-45,47-51,53-54,56-69H2,1-3H3,(H,81,82)(H,83,84)/b10-7-,11-8-,19-16-,20-17-,21-18-,28-25-,29-26-,30-27-,37-34-,38-35-,39-36-,46-43-,55-52-. The second kappa shape index (κ2) is 67.2. The summed E-state index contributed by atoms with van der Waals surface area (Å²) in [5.74, 6) is -1.70. The van der Waals surface area contributed by atoms with E-state index in [4.69, 9.17) is 32.3 Å². The quantitative estimate of drug-likeness (QED) is 0.0146. The Labute approximate surface area is 561 Å². The molecule has 0 aromatic rings. The molecule has 528 valence electrons. The van der Waals surface area contributed by atoms with E-state index >= 15 is 0 Å². The molecule has 0 aliphatic heterocycles. The molecule has 0 bridgehead atoms. The average molecular weight is 1340 g/mol. The highest BCUT2D eigenvalue weighted by Crippen LogP contribution is 2.45. The van der Waals surface area contributed by atoms with Gasteiger partial charge in [0.05, 0.1) is 26.4 Å². The van der Waals surface area contributed by atoms with E-state index in [-0.39, 0.29) is 19.3 Å². The normalized spacial score (nSPS) is 15.1. The second-order valence-electron chi connectivity index (χ2n) is 22.6. The lowest BCUT2D eigenvalue weighted by Crippen LogP contribution is -2.30. The van der Waals surface area contributed by atoms with Gasteiger partial charge in [0.1, 0.15) is 25.4 Å². The van der Waals surface area contributed by atoms with Crippen molar-refractivity contribution in [2.45, 2.75) is 257 Å². The molecule has 0 amide bonds. The van der Waals surface area contributed by atoms with Crippen molar-refractivity contribution in [1.82, 2.24) is 0 Å². The molecule has 0 aromatic carbocycles. The zero-order valence-electron chi connectivity index (χ0n) is 57.1. The number of ether oxygens (including phenoxy) is 3. The zero-order chi connectivity index (χ0) is 68.1. The van der Waals surface area contributed by atoms with Gasteiger partial charge in [0, 0.05) is 19.3 Å². The van der Waals surface area contributed by atoms with Crippen molar-refractivity contribution < 1.29 is 75.8 Å². The number of esters is 3. The summed E-state index contributed by atoms with van der Waals surface area (Å²) >= 11 is 0. The Morgan fingerprint density at radius 2 is 0.591 bits per heavy atom. The van der Waals surface area contributed by atoms with Gasteiger partial charge in [0.2, 0.25) is 0 Å². The van der Waals surface area contributed by atoms with Crippen LogP contribution in [0.3, 0.4) is 0 Å². The number of aliphatic hydroxyl groups excluding tert-OH is 2. The van der Waals surface area contributed by atoms with Gasteiger partial charge in [-0.05, 0) is 135 Å². The number of hydrogen-bond donors (Lipinski definition) is 4. The predicted octanol–water partition coefficient (Wildman–Crippen LogP) is 19.5. The fourth-order valence-corrected chi connectivity index (χ4v) is 10.1. The van der Waals surface area contributed by atoms with Crippen molar-refractivity contribution in [3.63, 3.8) is 0 Å². The first-order chi connectivity index (χ1) is 45.2. The summed E-state index contributed by atoms with van der Waals surface area (Å²) in [6, 6.07) is 0. The van der Waals surface area contributed by atoms with E-state index in [1.807, 2.05) is 18.2 Å². The summed E-state index contributed by atoms with van der Waals surface area (Å²) in [5.41, 5.74) is 0. The summed E-state index contributed by atoms with van der Waals surface area (Å²) in [6.07, 6.45) is 81.5. The summed E-state index contributed by atoms with van der Waals surface area (Å²) in [7, 11) is -9.82. The summed E-state index contributed by atoms with van der Waals surface area (Å²) < 4.78 is 60.9. The van der Waals surface area contributed by atoms with Crippen molar-refractivity contribution in [3.05, 3.63) is 158 Å². The molecule has 16 nitrogen and oxygen atoms in total. The molecule has 18 heteroatoms. The van der Waals surface area contributed by atoms with Crippen LogP contribution in [-0.2, 0) is 55.8 Å². The van der Waals surface area contributed by atoms with Gasteiger partial charge in [-0.2, -0.15) is 0 Å². The van der Waals surface area contributed by atoms with E-state index in [9.17, 15) is 43.5 Å². The number of unbranched alkanes of at least 4 members (excludes halogenated alkanes) is 15. The summed E-state index contributed by atoms with van der Waals surface area (Å²) in [5, 5.41) is 20.5. The Kier molecular flexibility index (Phi) is 63.7. The van der Waals surface area contributed by atoms with Crippen molar-refractivity contribution in [2.24, 2.45) is 0 Å². The van der Waals surface area contributed by atoms with E-state index in [0.717, 1.165) is 154 Å². The minimum atomic E-state index is -4.95. The van der Waals surface area contributed by atoms with Gasteiger partial charge < -0.3 is 34.2 Å². The largest absolute Gasteiger partial charge is 0.472 e. The highest BCUT2D eigenvalue weighted by atomic mass is 31.2. The molecule has 0 saturated heterocycles. The van der Waals surface area contributed by atoms with E-state index in [2.05, 4.69) is 161 Å². The van der Waals surface area contributed by atoms with Crippen LogP contribution >= 0.6 is 15.6 Å². The maximum Gasteiger partial charge on any atom is 0.472 e. The molecule has 4 N–H and O–H groups in total. The molecule has 0 spiro atoms. The van der Waals surface area contributed by atoms with E-state index in [0.29, 0.717) is 25.7 Å². The molecule has 93 heavy (non-hydrogen) atoms. The molecule has 0 radical (unpaired) electrons. The lowest BCUT2D eigenvalue weighted by atomic mass is 10.1. The third-order valence-electron chi connectivity index (χ3n) is 13.7. The van der Waals surface area contributed by atoms with Crippen molar-refractivity contribution in [1.29, 1.82) is 0 Å². The molecule has 0 heterocycles. The highest BCUT2D eigenvalue weighted by molar-refractivity contribution is 7.47. The van der Waals surface area contributed by atoms with Gasteiger partial charge in [0.15, 0.2) is 6.10 Å². The third-order valence-corrected chi connectivity index (χ3v) is 15.6. The van der Waals surface area contributed by atoms with Crippen LogP contribution in [-0.4, -0.2) is 95.9 Å². The molecule has 5 unspecified atom stereocenters. The predicted molar refractivity (Wildman–Crippen MR) is 380 cm³/mol. The van der Waals surface area contributed by atoms with E-state index in [1.165, 1.54) is 19.3 Å². The Morgan fingerprint density at radius 3 is 0.968 bits per heavy atom. The first-order valence-electron chi connectivity index (χ1n) is 34.8. The average Bonchev–Trinajstić information content (AvgIpc) is 3.57. The van der Waals surface area contributed by atoms with Crippen molar-refractivity contribution in [2.75, 3.05) is 39.6 Å². The van der Waals surface area contributed by atoms with E-state index < -0.39 is 91.5 Å². The van der Waals surface area contributed by atoms with Gasteiger partial charge >= 0.3 is 33.6 Å². The lowest BCUT2D eigenvalue weighted by Gasteiger charge is -2.21. The summed E-state index contributed by atoms with van der Waals surface area (Å²) in [4.78, 5) is 58.4. The number of phosphoric ester groups is 2. The van der Waals surface area contributed by atoms with Crippen LogP contribution in [0, 0.1) is 0 Å². The molecule has 0 aliphatic carbocycles. The minimum absolute atomic E-state index is 0.0548. The smallest absolute Gasteiger partial charge is 0.463 e. The summed E-state index contributed by atoms with van der Waals surface area (Å²) in [6.45, 7) is 2.27. The fourth-order valence-electron chi connectivity index (χ4n) is 8.47. The number of hydrogen-bond acceptors (Lipinski definition) is 14. The molecular formula is C75H122O16P2. The van der Waals surface area contributed by atoms with Crippen molar-refractivity contribution >= 4 is 33.6 Å². The van der Waals surface area contributed by atoms with E-state index in [1.54, 1.807) is 0 Å². The Morgan fingerprint density at radius 1 is 0.312 bits per heavy atom. The molecular weight excluding hydrogens is 1220 g/mol. The number of aliphatic hydroxyl groups is 2. The number of allylic oxidation sites excluding steroid dienone is 26. The number of carbonyl (C=O) groups excluding carboxylic acids is 3. The molecule has 5 atom stereocenters. The Bertz CT molecular complexity index is 2320. The number of phosphoric acid groups is 2. The molecule has 0 rings (SSSR count). The van der Waals surface area contributed by atoms with Crippen LogP contribution in [0.25, 0.3) is 0 Å². The fraction of sp³-hybridized carbons (Fsp3) is 0.613. The topological polar surface area (TPSA) is 231 Å². The monoisotopic (exact) mass is 1340 g/mol. The molecule has 0 aliphatic rings. The van der Waals surface area contributed by atoms with Crippen LogP contribution in [0.1, 0.15) is 239 Å². The Balaban J connectivity index is 4.83. The van der Waals surface area contributed by atoms with Gasteiger partial charge in [-0.25, -0.2) is 9.13 Å². The maximum absolute atomic E-state index is 13.0. The SMILES string of the molecule is CC/C=C\C/C=C\C/C=C\C/C=C\C/C=C\C/C=C\CCC(=O)OCC(O)COP(=O)(O)OCC(O)COP(=O)(O)OCC(COC(=O)CCCCCCCC/C=C\C/C=C\C/C=C\C/C=C\CC)OC(=O)CCCCCCCC/C=C\C/C=C\C/C=C\CCCCC. The Hall–Kier alpha value is -4.83. The second-order valence-corrected chi connectivity index (χ2v) is 25.5. The zero-order valence-corrected chi connectivity index (χ0v) is 58.9. The van der Waals surface area contributed by atoms with Crippen LogP contribution in [0.5, 0.6) is 0 Å². The highest BCUT2D eigenvalue weighted by Gasteiger charge is 2.29. The van der Waals surface area contributed by atoms with Crippen LogP contribution in [0.2, 0.25) is 0 Å². The third kappa shape index (κ3) is 68.4. The maximum atomic E-state index is 13.0. The first-order valence-corrected chi connectivity index (χ1v) is 37.8. The molecule has 0 saturated carbocycles.